The van der Waals surface area contributed by atoms with E-state index in [0.29, 0.717) is 18.2 Å². The van der Waals surface area contributed by atoms with Crippen molar-refractivity contribution in [2.24, 2.45) is 5.41 Å². The lowest BCUT2D eigenvalue weighted by atomic mass is 9.75. The third kappa shape index (κ3) is 3.53. The van der Waals surface area contributed by atoms with Gasteiger partial charge in [-0.2, -0.15) is 0 Å². The highest BCUT2D eigenvalue weighted by Crippen LogP contribution is 2.36. The van der Waals surface area contributed by atoms with Crippen LogP contribution in [0.2, 0.25) is 0 Å². The summed E-state index contributed by atoms with van der Waals surface area (Å²) < 4.78 is 5.46. The van der Waals surface area contributed by atoms with E-state index in [1.807, 2.05) is 13.0 Å². The van der Waals surface area contributed by atoms with Gasteiger partial charge < -0.3 is 9.73 Å². The first-order valence-corrected chi connectivity index (χ1v) is 7.65. The highest BCUT2D eigenvalue weighted by Gasteiger charge is 2.31. The Balaban J connectivity index is 1.91. The number of furan rings is 1. The van der Waals surface area contributed by atoms with Crippen LogP contribution in [-0.2, 0) is 6.42 Å². The smallest absolute Gasteiger partial charge is 0.287 e. The number of hydrogen-bond acceptors (Lipinski definition) is 2. The summed E-state index contributed by atoms with van der Waals surface area (Å²) in [6.45, 7) is 2.66. The van der Waals surface area contributed by atoms with Gasteiger partial charge in [-0.3, -0.25) is 4.79 Å². The third-order valence-corrected chi connectivity index (χ3v) is 4.62. The summed E-state index contributed by atoms with van der Waals surface area (Å²) in [5.74, 6) is 1.73. The van der Waals surface area contributed by atoms with E-state index in [-0.39, 0.29) is 11.3 Å². The van der Waals surface area contributed by atoms with Crippen molar-refractivity contribution in [1.82, 2.24) is 5.32 Å². The van der Waals surface area contributed by atoms with Gasteiger partial charge in [0.1, 0.15) is 5.76 Å². The fourth-order valence-electron chi connectivity index (χ4n) is 2.70. The van der Waals surface area contributed by atoms with Crippen molar-refractivity contribution in [2.45, 2.75) is 45.4 Å². The highest BCUT2D eigenvalue weighted by atomic mass is 35.5. The summed E-state index contributed by atoms with van der Waals surface area (Å²) in [7, 11) is 0. The van der Waals surface area contributed by atoms with Crippen LogP contribution in [0.15, 0.2) is 16.5 Å². The molecule has 0 radical (unpaired) electrons. The average molecular weight is 284 g/mol. The predicted molar refractivity (Wildman–Crippen MR) is 76.7 cm³/mol. The minimum atomic E-state index is -0.130. The summed E-state index contributed by atoms with van der Waals surface area (Å²) >= 11 is 6.12. The maximum Gasteiger partial charge on any atom is 0.287 e. The van der Waals surface area contributed by atoms with Gasteiger partial charge in [-0.25, -0.2) is 0 Å². The molecule has 0 unspecified atom stereocenters. The maximum absolute atomic E-state index is 12.0. The highest BCUT2D eigenvalue weighted by molar-refractivity contribution is 6.18. The standard InChI is InChI=1S/C15H22ClNO2/c1-2-12-6-7-13(19-12)14(18)17-11-15(10-16)8-4-3-5-9-15/h6-7H,2-5,8-11H2,1H3,(H,17,18). The van der Waals surface area contributed by atoms with Gasteiger partial charge in [-0.05, 0) is 25.0 Å². The summed E-state index contributed by atoms with van der Waals surface area (Å²) in [4.78, 5) is 12.0. The second-order valence-electron chi connectivity index (χ2n) is 5.50. The summed E-state index contributed by atoms with van der Waals surface area (Å²) in [6, 6.07) is 3.59. The number of alkyl halides is 1. The average Bonchev–Trinajstić information content (AvgIpc) is 2.95. The molecule has 3 nitrogen and oxygen atoms in total. The van der Waals surface area contributed by atoms with Gasteiger partial charge in [0, 0.05) is 24.3 Å². The minimum Gasteiger partial charge on any atom is -0.456 e. The van der Waals surface area contributed by atoms with Gasteiger partial charge in [-0.1, -0.05) is 26.2 Å². The van der Waals surface area contributed by atoms with E-state index >= 15 is 0 Å². The van der Waals surface area contributed by atoms with Crippen molar-refractivity contribution in [1.29, 1.82) is 0 Å². The Hall–Kier alpha value is -0.960. The quantitative estimate of drug-likeness (QED) is 0.836. The topological polar surface area (TPSA) is 42.2 Å². The fourth-order valence-corrected chi connectivity index (χ4v) is 3.07. The molecule has 1 aromatic heterocycles. The number of nitrogens with one attached hydrogen (secondary N) is 1. The van der Waals surface area contributed by atoms with Crippen LogP contribution in [0.25, 0.3) is 0 Å². The van der Waals surface area contributed by atoms with Crippen LogP contribution in [0.3, 0.4) is 0 Å². The number of rotatable bonds is 5. The molecule has 1 N–H and O–H groups in total. The largest absolute Gasteiger partial charge is 0.456 e. The first kappa shape index (κ1) is 14.4. The van der Waals surface area contributed by atoms with Gasteiger partial charge in [0.2, 0.25) is 0 Å². The molecule has 1 aromatic rings. The molecule has 1 heterocycles. The second-order valence-corrected chi connectivity index (χ2v) is 5.76. The van der Waals surface area contributed by atoms with Crippen molar-refractivity contribution in [2.75, 3.05) is 12.4 Å². The molecule has 1 aliphatic carbocycles. The van der Waals surface area contributed by atoms with Gasteiger partial charge in [0.05, 0.1) is 0 Å². The molecule has 1 amide bonds. The van der Waals surface area contributed by atoms with Crippen molar-refractivity contribution in [3.8, 4) is 0 Å². The van der Waals surface area contributed by atoms with Crippen molar-refractivity contribution in [3.63, 3.8) is 0 Å². The Labute approximate surface area is 119 Å². The molecule has 0 bridgehead atoms. The molecule has 1 saturated carbocycles. The normalized spacial score (nSPS) is 18.2. The van der Waals surface area contributed by atoms with Gasteiger partial charge in [0.25, 0.3) is 5.91 Å². The predicted octanol–water partition coefficient (Wildman–Crippen LogP) is 3.76. The third-order valence-electron chi connectivity index (χ3n) is 4.06. The lowest BCUT2D eigenvalue weighted by Crippen LogP contribution is -2.40. The molecule has 19 heavy (non-hydrogen) atoms. The van der Waals surface area contributed by atoms with E-state index in [4.69, 9.17) is 16.0 Å². The van der Waals surface area contributed by atoms with E-state index < -0.39 is 0 Å². The Bertz CT molecular complexity index is 422. The zero-order chi connectivity index (χ0) is 13.7. The number of carbonyl (C=O) groups is 1. The molecule has 0 atom stereocenters. The number of amides is 1. The van der Waals surface area contributed by atoms with Crippen molar-refractivity contribution >= 4 is 17.5 Å². The Morgan fingerprint density at radius 3 is 2.68 bits per heavy atom. The van der Waals surface area contributed by atoms with Crippen LogP contribution < -0.4 is 5.32 Å². The van der Waals surface area contributed by atoms with E-state index in [0.717, 1.165) is 25.0 Å². The first-order chi connectivity index (χ1) is 9.19. The van der Waals surface area contributed by atoms with Crippen LogP contribution in [-0.4, -0.2) is 18.3 Å². The van der Waals surface area contributed by atoms with Gasteiger partial charge >= 0.3 is 0 Å². The molecule has 4 heteroatoms. The monoisotopic (exact) mass is 283 g/mol. The summed E-state index contributed by atoms with van der Waals surface area (Å²) in [5, 5.41) is 2.98. The fraction of sp³-hybridized carbons (Fsp3) is 0.667. The zero-order valence-electron chi connectivity index (χ0n) is 11.5. The maximum atomic E-state index is 12.0. The second kappa shape index (κ2) is 6.47. The van der Waals surface area contributed by atoms with Gasteiger partial charge in [0.15, 0.2) is 5.76 Å². The molecule has 2 rings (SSSR count). The minimum absolute atomic E-state index is 0.0790. The molecular formula is C15H22ClNO2. The van der Waals surface area contributed by atoms with Crippen LogP contribution in [0, 0.1) is 5.41 Å². The van der Waals surface area contributed by atoms with E-state index in [2.05, 4.69) is 5.32 Å². The molecule has 0 aromatic carbocycles. The molecule has 0 saturated heterocycles. The van der Waals surface area contributed by atoms with E-state index in [1.54, 1.807) is 6.07 Å². The molecule has 106 valence electrons. The van der Waals surface area contributed by atoms with Crippen LogP contribution in [0.1, 0.15) is 55.3 Å². The molecular weight excluding hydrogens is 262 g/mol. The van der Waals surface area contributed by atoms with E-state index in [9.17, 15) is 4.79 Å². The zero-order valence-corrected chi connectivity index (χ0v) is 12.3. The number of aryl methyl sites for hydroxylation is 1. The lowest BCUT2D eigenvalue weighted by Gasteiger charge is -2.35. The molecule has 0 aliphatic heterocycles. The van der Waals surface area contributed by atoms with Gasteiger partial charge in [-0.15, -0.1) is 11.6 Å². The first-order valence-electron chi connectivity index (χ1n) is 7.12. The summed E-state index contributed by atoms with van der Waals surface area (Å²) in [6.07, 6.45) is 6.72. The van der Waals surface area contributed by atoms with Crippen molar-refractivity contribution in [3.05, 3.63) is 23.7 Å². The molecule has 0 spiro atoms. The van der Waals surface area contributed by atoms with Crippen LogP contribution in [0.5, 0.6) is 0 Å². The lowest BCUT2D eigenvalue weighted by molar-refractivity contribution is 0.0891. The Kier molecular flexibility index (Phi) is 4.92. The molecule has 1 aliphatic rings. The summed E-state index contributed by atoms with van der Waals surface area (Å²) in [5.41, 5.74) is 0.0790. The Morgan fingerprint density at radius 1 is 1.37 bits per heavy atom. The Morgan fingerprint density at radius 2 is 2.11 bits per heavy atom. The number of halogens is 1. The van der Waals surface area contributed by atoms with Crippen LogP contribution >= 0.6 is 11.6 Å². The SMILES string of the molecule is CCc1ccc(C(=O)NCC2(CCl)CCCCC2)o1. The van der Waals surface area contributed by atoms with E-state index in [1.165, 1.54) is 19.3 Å². The van der Waals surface area contributed by atoms with Crippen LogP contribution in [0.4, 0.5) is 0 Å². The van der Waals surface area contributed by atoms with Crippen molar-refractivity contribution < 1.29 is 9.21 Å². The number of hydrogen-bond donors (Lipinski definition) is 1. The number of carbonyl (C=O) groups excluding carboxylic acids is 1. The molecule has 1 fully saturated rings.